The summed E-state index contributed by atoms with van der Waals surface area (Å²) >= 11 is 5.94. The summed E-state index contributed by atoms with van der Waals surface area (Å²) in [6.45, 7) is 6.93. The number of hydrogen-bond donors (Lipinski definition) is 1. The van der Waals surface area contributed by atoms with Crippen molar-refractivity contribution in [3.05, 3.63) is 58.1 Å². The van der Waals surface area contributed by atoms with E-state index in [1.165, 1.54) is 0 Å². The van der Waals surface area contributed by atoms with E-state index in [-0.39, 0.29) is 12.4 Å². The van der Waals surface area contributed by atoms with Gasteiger partial charge in [0, 0.05) is 23.7 Å². The molecule has 1 aliphatic rings. The Morgan fingerprint density at radius 1 is 1.25 bits per heavy atom. The average molecular weight is 402 g/mol. The molecule has 148 valence electrons. The zero-order chi connectivity index (χ0) is 19.9. The first-order chi connectivity index (χ1) is 13.5. The monoisotopic (exact) mass is 401 g/mol. The number of hydrazone groups is 1. The number of aryl methyl sites for hydroxylation is 2. The van der Waals surface area contributed by atoms with Crippen molar-refractivity contribution in [2.24, 2.45) is 5.10 Å². The quantitative estimate of drug-likeness (QED) is 0.330. The van der Waals surface area contributed by atoms with Crippen molar-refractivity contribution < 1.29 is 14.3 Å². The first-order valence-corrected chi connectivity index (χ1v) is 9.54. The van der Waals surface area contributed by atoms with Crippen LogP contribution in [0.5, 0.6) is 5.75 Å². The van der Waals surface area contributed by atoms with E-state index in [0.717, 1.165) is 43.1 Å². The van der Waals surface area contributed by atoms with Gasteiger partial charge in [0.05, 0.1) is 18.9 Å². The number of Topliss-reactive ketones (excluding diaryl/α,β-unsaturated/α-hetero) is 1. The highest BCUT2D eigenvalue weighted by Gasteiger charge is 2.13. The fourth-order valence-electron chi connectivity index (χ4n) is 2.89. The molecule has 2 aromatic rings. The molecule has 1 N–H and O–H groups in total. The van der Waals surface area contributed by atoms with Gasteiger partial charge >= 0.3 is 0 Å². The molecule has 2 aromatic carbocycles. The highest BCUT2D eigenvalue weighted by Crippen LogP contribution is 2.22. The summed E-state index contributed by atoms with van der Waals surface area (Å²) in [7, 11) is 0. The third kappa shape index (κ3) is 5.47. The lowest BCUT2D eigenvalue weighted by Gasteiger charge is -2.24. The molecule has 1 saturated heterocycles. The molecule has 0 amide bonds. The molecule has 0 atom stereocenters. The predicted octanol–water partition coefficient (Wildman–Crippen LogP) is 3.91. The highest BCUT2D eigenvalue weighted by atomic mass is 35.5. The van der Waals surface area contributed by atoms with Gasteiger partial charge in [-0.05, 0) is 55.3 Å². The molecule has 0 unspecified atom stereocenters. The summed E-state index contributed by atoms with van der Waals surface area (Å²) in [5, 5.41) is 4.87. The van der Waals surface area contributed by atoms with Crippen LogP contribution in [-0.4, -0.2) is 49.9 Å². The van der Waals surface area contributed by atoms with Crippen LogP contribution >= 0.6 is 11.6 Å². The second kappa shape index (κ2) is 9.57. The number of ketones is 1. The maximum atomic E-state index is 12.6. The Kier molecular flexibility index (Phi) is 6.90. The van der Waals surface area contributed by atoms with Gasteiger partial charge in [-0.15, -0.1) is 0 Å². The number of morpholine rings is 1. The molecule has 0 aliphatic carbocycles. The number of carbonyl (C=O) groups is 1. The largest absolute Gasteiger partial charge is 0.485 e. The Hall–Kier alpha value is -2.57. The zero-order valence-corrected chi connectivity index (χ0v) is 16.8. The van der Waals surface area contributed by atoms with E-state index >= 15 is 0 Å². The molecule has 0 bridgehead atoms. The summed E-state index contributed by atoms with van der Waals surface area (Å²) in [5.74, 6) is 0.495. The molecule has 0 spiro atoms. The van der Waals surface area contributed by atoms with Crippen LogP contribution in [0.25, 0.3) is 0 Å². The molecule has 1 fully saturated rings. The number of hydrogen-bond acceptors (Lipinski definition) is 5. The SMILES string of the molecule is Cc1cc(C(=O)COc2cccc(Cl)c2)c(C)cc1NN=CN1CCOCC1. The average Bonchev–Trinajstić information content (AvgIpc) is 2.69. The molecule has 0 radical (unpaired) electrons. The second-order valence-corrected chi connectivity index (χ2v) is 7.09. The standard InChI is InChI=1S/C21H24ClN3O3/c1-15-11-20(24-23-14-25-6-8-27-9-7-25)16(2)10-19(15)21(26)13-28-18-5-3-4-17(22)12-18/h3-5,10-12,14,24H,6-9,13H2,1-2H3. The van der Waals surface area contributed by atoms with E-state index in [0.29, 0.717) is 16.3 Å². The Morgan fingerprint density at radius 2 is 2.04 bits per heavy atom. The summed E-state index contributed by atoms with van der Waals surface area (Å²) in [4.78, 5) is 14.7. The lowest BCUT2D eigenvalue weighted by molar-refractivity contribution is 0.0700. The van der Waals surface area contributed by atoms with Crippen molar-refractivity contribution in [3.63, 3.8) is 0 Å². The van der Waals surface area contributed by atoms with Crippen LogP contribution in [0.4, 0.5) is 5.69 Å². The van der Waals surface area contributed by atoms with Gasteiger partial charge in [-0.1, -0.05) is 17.7 Å². The summed E-state index contributed by atoms with van der Waals surface area (Å²) < 4.78 is 10.9. The highest BCUT2D eigenvalue weighted by molar-refractivity contribution is 6.30. The zero-order valence-electron chi connectivity index (χ0n) is 16.1. The number of ether oxygens (including phenoxy) is 2. The Bertz CT molecular complexity index is 864. The normalized spacial score (nSPS) is 14.3. The van der Waals surface area contributed by atoms with E-state index in [2.05, 4.69) is 15.4 Å². The minimum Gasteiger partial charge on any atom is -0.485 e. The summed E-state index contributed by atoms with van der Waals surface area (Å²) in [6.07, 6.45) is 1.79. The van der Waals surface area contributed by atoms with Crippen LogP contribution in [0.15, 0.2) is 41.5 Å². The Morgan fingerprint density at radius 3 is 2.79 bits per heavy atom. The maximum absolute atomic E-state index is 12.6. The molecular formula is C21H24ClN3O3. The van der Waals surface area contributed by atoms with Crippen LogP contribution < -0.4 is 10.2 Å². The van der Waals surface area contributed by atoms with Gasteiger partial charge in [0.2, 0.25) is 0 Å². The number of rotatable bonds is 7. The van der Waals surface area contributed by atoms with Crippen LogP contribution in [0, 0.1) is 13.8 Å². The Balaban J connectivity index is 1.61. The third-order valence-electron chi connectivity index (χ3n) is 4.49. The van der Waals surface area contributed by atoms with Crippen LogP contribution in [0.1, 0.15) is 21.5 Å². The molecule has 0 aromatic heterocycles. The van der Waals surface area contributed by atoms with Crippen LogP contribution in [0.2, 0.25) is 5.02 Å². The molecular weight excluding hydrogens is 378 g/mol. The minimum atomic E-state index is -0.0797. The van der Waals surface area contributed by atoms with Crippen molar-refractivity contribution in [1.29, 1.82) is 0 Å². The number of halogens is 1. The van der Waals surface area contributed by atoms with E-state index in [9.17, 15) is 4.79 Å². The molecule has 0 saturated carbocycles. The van der Waals surface area contributed by atoms with Crippen LogP contribution in [-0.2, 0) is 4.74 Å². The van der Waals surface area contributed by atoms with Gasteiger partial charge in [0.15, 0.2) is 12.4 Å². The molecule has 28 heavy (non-hydrogen) atoms. The molecule has 7 heteroatoms. The van der Waals surface area contributed by atoms with E-state index in [4.69, 9.17) is 21.1 Å². The summed E-state index contributed by atoms with van der Waals surface area (Å²) in [5.41, 5.74) is 6.38. The number of carbonyl (C=O) groups excluding carboxylic acids is 1. The minimum absolute atomic E-state index is 0.0391. The third-order valence-corrected chi connectivity index (χ3v) is 4.72. The van der Waals surface area contributed by atoms with Gasteiger partial charge in [-0.2, -0.15) is 5.10 Å². The van der Waals surface area contributed by atoms with Gasteiger partial charge in [0.1, 0.15) is 12.1 Å². The Labute approximate surface area is 170 Å². The van der Waals surface area contributed by atoms with Gasteiger partial charge < -0.3 is 14.4 Å². The van der Waals surface area contributed by atoms with Crippen LogP contribution in [0.3, 0.4) is 0 Å². The smallest absolute Gasteiger partial charge is 0.200 e. The number of benzene rings is 2. The number of nitrogens with one attached hydrogen (secondary N) is 1. The fourth-order valence-corrected chi connectivity index (χ4v) is 3.07. The van der Waals surface area contributed by atoms with Crippen molar-refractivity contribution in [1.82, 2.24) is 4.90 Å². The molecule has 1 heterocycles. The fraction of sp³-hybridized carbons (Fsp3) is 0.333. The maximum Gasteiger partial charge on any atom is 0.200 e. The van der Waals surface area contributed by atoms with Crippen molar-refractivity contribution in [3.8, 4) is 5.75 Å². The second-order valence-electron chi connectivity index (χ2n) is 6.66. The van der Waals surface area contributed by atoms with Gasteiger partial charge in [0.25, 0.3) is 0 Å². The first kappa shape index (κ1) is 20.2. The molecule has 6 nitrogen and oxygen atoms in total. The predicted molar refractivity (Wildman–Crippen MR) is 112 cm³/mol. The lowest BCUT2D eigenvalue weighted by Crippen LogP contribution is -2.35. The topological polar surface area (TPSA) is 63.2 Å². The number of anilines is 1. The summed E-state index contributed by atoms with van der Waals surface area (Å²) in [6, 6.07) is 10.8. The van der Waals surface area contributed by atoms with Crippen molar-refractivity contribution >= 4 is 29.4 Å². The van der Waals surface area contributed by atoms with E-state index in [1.54, 1.807) is 30.6 Å². The lowest BCUT2D eigenvalue weighted by atomic mass is 10.0. The molecule has 1 aliphatic heterocycles. The van der Waals surface area contributed by atoms with E-state index in [1.807, 2.05) is 26.0 Å². The van der Waals surface area contributed by atoms with Gasteiger partial charge in [-0.3, -0.25) is 10.2 Å². The van der Waals surface area contributed by atoms with Crippen molar-refractivity contribution in [2.75, 3.05) is 38.3 Å². The number of nitrogens with zero attached hydrogens (tertiary/aromatic N) is 2. The first-order valence-electron chi connectivity index (χ1n) is 9.17. The molecule has 3 rings (SSSR count). The van der Waals surface area contributed by atoms with Gasteiger partial charge in [-0.25, -0.2) is 0 Å². The van der Waals surface area contributed by atoms with E-state index < -0.39 is 0 Å². The van der Waals surface area contributed by atoms with Crippen molar-refractivity contribution in [2.45, 2.75) is 13.8 Å².